The van der Waals surface area contributed by atoms with Gasteiger partial charge in [-0.2, -0.15) is 0 Å². The van der Waals surface area contributed by atoms with E-state index in [1.807, 2.05) is 30.7 Å². The van der Waals surface area contributed by atoms with Crippen LogP contribution >= 0.6 is 0 Å². The molecule has 0 amide bonds. The van der Waals surface area contributed by atoms with E-state index in [1.54, 1.807) is 6.20 Å². The molecule has 7 nitrogen and oxygen atoms in total. The van der Waals surface area contributed by atoms with Gasteiger partial charge in [-0.1, -0.05) is 0 Å². The van der Waals surface area contributed by atoms with Crippen molar-refractivity contribution >= 4 is 27.5 Å². The molecular formula is C18H22N6OS. The number of morpholine rings is 1. The molecule has 3 aromatic rings. The molecule has 0 radical (unpaired) electrons. The summed E-state index contributed by atoms with van der Waals surface area (Å²) in [7, 11) is -0.475. The van der Waals surface area contributed by atoms with Gasteiger partial charge < -0.3 is 14.6 Å². The third-order valence-corrected chi connectivity index (χ3v) is 5.22. The third-order valence-electron chi connectivity index (χ3n) is 4.49. The van der Waals surface area contributed by atoms with Crippen molar-refractivity contribution in [2.24, 2.45) is 0 Å². The number of hydrogen-bond donors (Lipinski definition) is 2. The predicted molar refractivity (Wildman–Crippen MR) is 104 cm³/mol. The molecule has 2 N–H and O–H groups in total. The lowest BCUT2D eigenvalue weighted by Gasteiger charge is -2.34. The van der Waals surface area contributed by atoms with Gasteiger partial charge in [0.05, 0.1) is 24.9 Å². The smallest absolute Gasteiger partial charge is 0.162 e. The van der Waals surface area contributed by atoms with Crippen molar-refractivity contribution < 1.29 is 4.74 Å². The van der Waals surface area contributed by atoms with Gasteiger partial charge in [0.1, 0.15) is 11.5 Å². The van der Waals surface area contributed by atoms with Crippen LogP contribution in [0.1, 0.15) is 12.6 Å². The Hall–Kier alpha value is -2.32. The van der Waals surface area contributed by atoms with Crippen LogP contribution < -0.4 is 4.90 Å². The van der Waals surface area contributed by atoms with Crippen LogP contribution in [0.2, 0.25) is 0 Å². The number of ether oxygens (including phenoxy) is 1. The summed E-state index contributed by atoms with van der Waals surface area (Å²) in [5.41, 5.74) is 2.69. The fraction of sp³-hybridized carbons (Fsp3) is 0.389. The minimum Gasteiger partial charge on any atom is -0.377 e. The Kier molecular flexibility index (Phi) is 4.69. The lowest BCUT2D eigenvalue weighted by molar-refractivity contribution is 0.0985. The Bertz CT molecular complexity index is 956. The first-order valence-electron chi connectivity index (χ1n) is 8.60. The van der Waals surface area contributed by atoms with Crippen LogP contribution in [-0.2, 0) is 21.2 Å². The monoisotopic (exact) mass is 370 g/mol. The number of hydrogen-bond acceptors (Lipinski definition) is 6. The molecule has 0 saturated carbocycles. The Morgan fingerprint density at radius 3 is 3.08 bits per heavy atom. The van der Waals surface area contributed by atoms with Gasteiger partial charge in [-0.05, 0) is 25.3 Å². The van der Waals surface area contributed by atoms with Crippen LogP contribution in [0, 0.1) is 4.78 Å². The Labute approximate surface area is 154 Å². The van der Waals surface area contributed by atoms with Gasteiger partial charge in [-0.25, -0.2) is 15.0 Å². The van der Waals surface area contributed by atoms with Crippen molar-refractivity contribution in [2.45, 2.75) is 18.7 Å². The number of aromatic nitrogens is 4. The number of fused-ring (bicyclic) bond motifs is 1. The zero-order valence-corrected chi connectivity index (χ0v) is 15.7. The zero-order chi connectivity index (χ0) is 18.1. The molecule has 136 valence electrons. The quantitative estimate of drug-likeness (QED) is 0.737. The van der Waals surface area contributed by atoms with E-state index >= 15 is 0 Å². The van der Waals surface area contributed by atoms with Gasteiger partial charge in [0.15, 0.2) is 5.82 Å². The average molecular weight is 370 g/mol. The summed E-state index contributed by atoms with van der Waals surface area (Å²) >= 11 is 0. The maximum absolute atomic E-state index is 7.97. The first-order chi connectivity index (χ1) is 12.6. The molecule has 0 aliphatic carbocycles. The molecule has 2 unspecified atom stereocenters. The number of nitrogens with one attached hydrogen (secondary N) is 2. The van der Waals surface area contributed by atoms with E-state index in [2.05, 4.69) is 21.8 Å². The summed E-state index contributed by atoms with van der Waals surface area (Å²) < 4.78 is 13.5. The summed E-state index contributed by atoms with van der Waals surface area (Å²) in [6.45, 7) is 4.35. The fourth-order valence-electron chi connectivity index (χ4n) is 3.27. The first kappa shape index (κ1) is 17.1. The number of pyridine rings is 1. The molecule has 8 heteroatoms. The second kappa shape index (κ2) is 7.13. The Morgan fingerprint density at radius 1 is 1.38 bits per heavy atom. The molecule has 26 heavy (non-hydrogen) atoms. The minimum atomic E-state index is -0.475. The van der Waals surface area contributed by atoms with Crippen molar-refractivity contribution in [1.29, 1.82) is 4.78 Å². The topological polar surface area (TPSA) is 90.8 Å². The molecule has 2 atom stereocenters. The maximum Gasteiger partial charge on any atom is 0.162 e. The second-order valence-electron chi connectivity index (χ2n) is 6.54. The van der Waals surface area contributed by atoms with Crippen LogP contribution in [0.5, 0.6) is 0 Å². The van der Waals surface area contributed by atoms with E-state index in [4.69, 9.17) is 19.5 Å². The second-order valence-corrected chi connectivity index (χ2v) is 8.10. The van der Waals surface area contributed by atoms with E-state index < -0.39 is 10.7 Å². The molecule has 0 bridgehead atoms. The molecule has 4 rings (SSSR count). The van der Waals surface area contributed by atoms with Crippen LogP contribution in [0.4, 0.5) is 5.82 Å². The largest absolute Gasteiger partial charge is 0.377 e. The van der Waals surface area contributed by atoms with Crippen molar-refractivity contribution in [2.75, 3.05) is 30.9 Å². The summed E-state index contributed by atoms with van der Waals surface area (Å²) in [6.07, 6.45) is 5.56. The number of rotatable bonds is 4. The molecule has 0 spiro atoms. The van der Waals surface area contributed by atoms with Crippen LogP contribution in [0.15, 0.2) is 30.6 Å². The van der Waals surface area contributed by atoms with Gasteiger partial charge in [-0.15, -0.1) is 10.7 Å². The van der Waals surface area contributed by atoms with Crippen molar-refractivity contribution in [3.05, 3.63) is 36.3 Å². The first-order valence-corrected chi connectivity index (χ1v) is 10.4. The summed E-state index contributed by atoms with van der Waals surface area (Å²) in [4.78, 5) is 19.4. The Morgan fingerprint density at radius 2 is 2.27 bits per heavy atom. The van der Waals surface area contributed by atoms with Crippen LogP contribution in [-0.4, -0.2) is 52.0 Å². The number of aromatic amines is 1. The number of anilines is 1. The van der Waals surface area contributed by atoms with Crippen LogP contribution in [0.3, 0.4) is 0 Å². The van der Waals surface area contributed by atoms with Gasteiger partial charge >= 0.3 is 0 Å². The molecule has 1 aliphatic rings. The standard InChI is InChI=1S/C18H22N6OS/c1-12-10-25-8-7-24(12)16-9-13(11-26(2)19)22-18(23-16)15-4-6-21-17-14(15)3-5-20-17/h3-6,9,12,19H,7-8,10-11H2,1-2H3,(H,20,21). The van der Waals surface area contributed by atoms with E-state index in [1.165, 1.54) is 0 Å². The minimum absolute atomic E-state index is 0.264. The van der Waals surface area contributed by atoms with Gasteiger partial charge in [0.25, 0.3) is 0 Å². The van der Waals surface area contributed by atoms with Gasteiger partial charge in [0.2, 0.25) is 0 Å². The van der Waals surface area contributed by atoms with Crippen molar-refractivity contribution in [3.63, 3.8) is 0 Å². The number of H-pyrrole nitrogens is 1. The SMILES string of the molecule is CC1COCCN1c1cc(CS(C)=N)nc(-c2ccnc3[nH]ccc23)n1. The Balaban J connectivity index is 1.84. The molecular weight excluding hydrogens is 348 g/mol. The van der Waals surface area contributed by atoms with Gasteiger partial charge in [-0.3, -0.25) is 4.78 Å². The fourth-order valence-corrected chi connectivity index (χ4v) is 3.86. The average Bonchev–Trinajstić information content (AvgIpc) is 3.10. The van der Waals surface area contributed by atoms with E-state index in [0.717, 1.165) is 34.7 Å². The molecule has 0 aromatic carbocycles. The third kappa shape index (κ3) is 3.34. The normalized spacial score (nSPS) is 19.0. The van der Waals surface area contributed by atoms with Crippen LogP contribution in [0.25, 0.3) is 22.4 Å². The molecule has 1 aliphatic heterocycles. The summed E-state index contributed by atoms with van der Waals surface area (Å²) in [5.74, 6) is 2.23. The van der Waals surface area contributed by atoms with Crippen molar-refractivity contribution in [3.8, 4) is 11.4 Å². The lowest BCUT2D eigenvalue weighted by Crippen LogP contribution is -2.44. The summed E-state index contributed by atoms with van der Waals surface area (Å²) in [5, 5.41) is 1.01. The van der Waals surface area contributed by atoms with Crippen molar-refractivity contribution in [1.82, 2.24) is 19.9 Å². The molecule has 1 saturated heterocycles. The molecule has 3 aromatic heterocycles. The maximum atomic E-state index is 7.97. The van der Waals surface area contributed by atoms with E-state index in [0.29, 0.717) is 24.8 Å². The highest BCUT2D eigenvalue weighted by Crippen LogP contribution is 2.27. The highest BCUT2D eigenvalue weighted by Gasteiger charge is 2.22. The molecule has 4 heterocycles. The highest BCUT2D eigenvalue weighted by atomic mass is 32.2. The van der Waals surface area contributed by atoms with E-state index in [9.17, 15) is 0 Å². The lowest BCUT2D eigenvalue weighted by atomic mass is 10.1. The summed E-state index contributed by atoms with van der Waals surface area (Å²) in [6, 6.07) is 6.24. The zero-order valence-electron chi connectivity index (χ0n) is 14.9. The van der Waals surface area contributed by atoms with E-state index in [-0.39, 0.29) is 6.04 Å². The number of nitrogens with zero attached hydrogens (tertiary/aromatic N) is 4. The highest BCUT2D eigenvalue weighted by molar-refractivity contribution is 7.84. The van der Waals surface area contributed by atoms with Gasteiger partial charge in [0, 0.05) is 41.7 Å². The predicted octanol–water partition coefficient (Wildman–Crippen LogP) is 2.76. The molecule has 1 fully saturated rings.